The van der Waals surface area contributed by atoms with Crippen LogP contribution in [0.5, 0.6) is 0 Å². The highest BCUT2D eigenvalue weighted by molar-refractivity contribution is 7.04. The van der Waals surface area contributed by atoms with Crippen molar-refractivity contribution in [1.82, 2.24) is 9.36 Å². The van der Waals surface area contributed by atoms with Crippen LogP contribution in [0.25, 0.3) is 22.0 Å². The molecule has 164 valence electrons. The number of fused-ring (bicyclic) bond motifs is 1. The van der Waals surface area contributed by atoms with E-state index in [1.807, 2.05) is 24.4 Å². The Labute approximate surface area is 189 Å². The van der Waals surface area contributed by atoms with Gasteiger partial charge in [0.05, 0.1) is 29.3 Å². The van der Waals surface area contributed by atoms with E-state index >= 15 is 0 Å². The molecule has 2 aromatic heterocycles. The summed E-state index contributed by atoms with van der Waals surface area (Å²) in [6.45, 7) is 7.37. The molecule has 0 aliphatic heterocycles. The van der Waals surface area contributed by atoms with Crippen molar-refractivity contribution >= 4 is 45.8 Å². The van der Waals surface area contributed by atoms with Crippen LogP contribution in [0.15, 0.2) is 29.8 Å². The number of carbonyl (C=O) groups is 2. The Morgan fingerprint density at radius 3 is 2.66 bits per heavy atom. The first-order valence-corrected chi connectivity index (χ1v) is 11.0. The van der Waals surface area contributed by atoms with Crippen molar-refractivity contribution in [2.75, 3.05) is 10.6 Å². The number of nitrogens with one attached hydrogen (secondary N) is 2. The topological polar surface area (TPSA) is 117 Å². The third-order valence-electron chi connectivity index (χ3n) is 5.04. The van der Waals surface area contributed by atoms with E-state index in [1.54, 1.807) is 33.0 Å². The zero-order valence-corrected chi connectivity index (χ0v) is 19.0. The first-order valence-electron chi connectivity index (χ1n) is 10.2. The van der Waals surface area contributed by atoms with Crippen molar-refractivity contribution in [2.45, 2.75) is 39.7 Å². The van der Waals surface area contributed by atoms with E-state index in [-0.39, 0.29) is 17.7 Å². The Morgan fingerprint density at radius 2 is 2.03 bits per heavy atom. The molecule has 1 aromatic carbocycles. The number of amides is 2. The highest BCUT2D eigenvalue weighted by Gasteiger charge is 2.43. The molecule has 2 heterocycles. The maximum Gasteiger partial charge on any atom is 0.412 e. The smallest absolute Gasteiger partial charge is 0.412 e. The van der Waals surface area contributed by atoms with E-state index in [2.05, 4.69) is 26.1 Å². The van der Waals surface area contributed by atoms with Gasteiger partial charge in [0.25, 0.3) is 0 Å². The van der Waals surface area contributed by atoms with Gasteiger partial charge in [-0.25, -0.2) is 9.78 Å². The van der Waals surface area contributed by atoms with Crippen LogP contribution in [0, 0.1) is 30.1 Å². The summed E-state index contributed by atoms with van der Waals surface area (Å²) >= 11 is 1.36. The molecule has 3 aromatic rings. The Bertz CT molecular complexity index is 1250. The number of hydrogen-bond donors (Lipinski definition) is 2. The average Bonchev–Trinajstić information content (AvgIpc) is 3.38. The minimum absolute atomic E-state index is 0.206. The fourth-order valence-electron chi connectivity index (χ4n) is 3.39. The molecule has 2 unspecified atom stereocenters. The van der Waals surface area contributed by atoms with Gasteiger partial charge in [0.1, 0.15) is 11.4 Å². The number of aryl methyl sites for hydroxylation is 1. The second-order valence-corrected chi connectivity index (χ2v) is 9.48. The second-order valence-electron chi connectivity index (χ2n) is 8.85. The number of anilines is 2. The number of ether oxygens (including phenoxy) is 1. The summed E-state index contributed by atoms with van der Waals surface area (Å²) in [5.74, 6) is -0.325. The fourth-order valence-corrected chi connectivity index (χ4v) is 4.07. The molecule has 9 heteroatoms. The molecule has 32 heavy (non-hydrogen) atoms. The van der Waals surface area contributed by atoms with E-state index in [4.69, 9.17) is 10.00 Å². The molecular formula is C23H23N5O3S. The van der Waals surface area contributed by atoms with Crippen molar-refractivity contribution in [3.8, 4) is 17.3 Å². The SMILES string of the molecule is Cc1csnc1-c1cc(NC(=O)OC(C)(C)C)c2cnc(NC(=O)C3CC3C#N)cc2c1. The quantitative estimate of drug-likeness (QED) is 0.571. The number of hydrogen-bond acceptors (Lipinski definition) is 7. The predicted octanol–water partition coefficient (Wildman–Crippen LogP) is 5.11. The third-order valence-corrected chi connectivity index (χ3v) is 5.78. The summed E-state index contributed by atoms with van der Waals surface area (Å²) in [6.07, 6.45) is 1.61. The van der Waals surface area contributed by atoms with E-state index in [1.165, 1.54) is 11.5 Å². The lowest BCUT2D eigenvalue weighted by Crippen LogP contribution is -2.27. The van der Waals surface area contributed by atoms with Gasteiger partial charge in [-0.05, 0) is 74.8 Å². The summed E-state index contributed by atoms with van der Waals surface area (Å²) in [7, 11) is 0. The van der Waals surface area contributed by atoms with Gasteiger partial charge in [0.2, 0.25) is 5.91 Å². The maximum absolute atomic E-state index is 12.4. The molecule has 0 spiro atoms. The standard InChI is InChI=1S/C23H23N5O3S/c1-12-11-32-28-20(12)14-5-13-8-19(27-21(29)16-6-15(16)9-24)25-10-17(13)18(7-14)26-22(30)31-23(2,3)4/h5,7-8,10-11,15-16H,6H2,1-4H3,(H,26,30)(H,25,27,29). The minimum Gasteiger partial charge on any atom is -0.444 e. The molecule has 0 bridgehead atoms. The van der Waals surface area contributed by atoms with Crippen LogP contribution >= 0.6 is 11.5 Å². The predicted molar refractivity (Wildman–Crippen MR) is 123 cm³/mol. The van der Waals surface area contributed by atoms with Crippen LogP contribution in [0.3, 0.4) is 0 Å². The lowest BCUT2D eigenvalue weighted by molar-refractivity contribution is -0.117. The monoisotopic (exact) mass is 449 g/mol. The summed E-state index contributed by atoms with van der Waals surface area (Å²) in [6, 6.07) is 7.66. The van der Waals surface area contributed by atoms with Gasteiger partial charge in [-0.3, -0.25) is 10.1 Å². The molecule has 1 saturated carbocycles. The largest absolute Gasteiger partial charge is 0.444 e. The molecule has 0 saturated heterocycles. The molecule has 2 amide bonds. The molecule has 0 radical (unpaired) electrons. The van der Waals surface area contributed by atoms with Crippen molar-refractivity contribution in [3.05, 3.63) is 35.3 Å². The summed E-state index contributed by atoms with van der Waals surface area (Å²) in [5, 5.41) is 18.0. The van der Waals surface area contributed by atoms with Crippen molar-refractivity contribution in [3.63, 3.8) is 0 Å². The first kappa shape index (κ1) is 21.7. The first-order chi connectivity index (χ1) is 15.1. The zero-order valence-electron chi connectivity index (χ0n) is 18.2. The second kappa shape index (κ2) is 8.20. The Balaban J connectivity index is 1.71. The van der Waals surface area contributed by atoms with E-state index in [0.29, 0.717) is 23.3 Å². The highest BCUT2D eigenvalue weighted by atomic mass is 32.1. The molecule has 1 fully saturated rings. The lowest BCUT2D eigenvalue weighted by Gasteiger charge is -2.20. The highest BCUT2D eigenvalue weighted by Crippen LogP contribution is 2.39. The van der Waals surface area contributed by atoms with Crippen LogP contribution in [0.2, 0.25) is 0 Å². The van der Waals surface area contributed by atoms with E-state index in [9.17, 15) is 9.59 Å². The van der Waals surface area contributed by atoms with Crippen molar-refractivity contribution < 1.29 is 14.3 Å². The van der Waals surface area contributed by atoms with E-state index < -0.39 is 11.7 Å². The fraction of sp³-hybridized carbons (Fsp3) is 0.348. The van der Waals surface area contributed by atoms with Gasteiger partial charge in [0.15, 0.2) is 0 Å². The number of carbonyl (C=O) groups excluding carboxylic acids is 2. The normalized spacial score (nSPS) is 17.5. The number of benzene rings is 1. The van der Waals surface area contributed by atoms with Gasteiger partial charge in [-0.15, -0.1) is 0 Å². The van der Waals surface area contributed by atoms with Gasteiger partial charge in [0, 0.05) is 22.5 Å². The van der Waals surface area contributed by atoms with Crippen LogP contribution in [0.4, 0.5) is 16.3 Å². The number of pyridine rings is 1. The van der Waals surface area contributed by atoms with Gasteiger partial charge >= 0.3 is 6.09 Å². The molecule has 1 aliphatic rings. The summed E-state index contributed by atoms with van der Waals surface area (Å²) in [5.41, 5.74) is 2.58. The Kier molecular flexibility index (Phi) is 5.57. The van der Waals surface area contributed by atoms with Crippen LogP contribution in [0.1, 0.15) is 32.8 Å². The van der Waals surface area contributed by atoms with Gasteiger partial charge in [-0.1, -0.05) is 0 Å². The van der Waals surface area contributed by atoms with Gasteiger partial charge < -0.3 is 10.1 Å². The molecule has 8 nitrogen and oxygen atoms in total. The molecular weight excluding hydrogens is 426 g/mol. The van der Waals surface area contributed by atoms with E-state index in [0.717, 1.165) is 22.2 Å². The number of rotatable bonds is 4. The zero-order chi connectivity index (χ0) is 23.0. The number of nitriles is 1. The lowest BCUT2D eigenvalue weighted by atomic mass is 10.0. The average molecular weight is 450 g/mol. The number of nitrogens with zero attached hydrogens (tertiary/aromatic N) is 3. The minimum atomic E-state index is -0.636. The third kappa shape index (κ3) is 4.70. The maximum atomic E-state index is 12.4. The molecule has 2 atom stereocenters. The molecule has 1 aliphatic carbocycles. The van der Waals surface area contributed by atoms with Gasteiger partial charge in [-0.2, -0.15) is 9.64 Å². The Hall–Kier alpha value is -3.51. The van der Waals surface area contributed by atoms with Crippen LogP contribution in [-0.2, 0) is 9.53 Å². The van der Waals surface area contributed by atoms with Crippen molar-refractivity contribution in [1.29, 1.82) is 5.26 Å². The van der Waals surface area contributed by atoms with Crippen LogP contribution in [-0.4, -0.2) is 27.0 Å². The van der Waals surface area contributed by atoms with Crippen LogP contribution < -0.4 is 10.6 Å². The number of aromatic nitrogens is 2. The summed E-state index contributed by atoms with van der Waals surface area (Å²) < 4.78 is 9.88. The van der Waals surface area contributed by atoms with Crippen molar-refractivity contribution in [2.24, 2.45) is 11.8 Å². The molecule has 2 N–H and O–H groups in total. The Morgan fingerprint density at radius 1 is 1.25 bits per heavy atom. The molecule has 4 rings (SSSR count). The summed E-state index contributed by atoms with van der Waals surface area (Å²) in [4.78, 5) is 29.1.